The average Bonchev–Trinajstić information content (AvgIpc) is 2.85. The zero-order chi connectivity index (χ0) is 12.4. The molecule has 5 nitrogen and oxygen atoms in total. The fourth-order valence-corrected chi connectivity index (χ4v) is 1.87. The van der Waals surface area contributed by atoms with Crippen LogP contribution >= 0.6 is 15.9 Å². The van der Waals surface area contributed by atoms with Crippen LogP contribution < -0.4 is 5.32 Å². The Morgan fingerprint density at radius 1 is 1.17 bits per heavy atom. The van der Waals surface area contributed by atoms with Gasteiger partial charge in [0.25, 0.3) is 0 Å². The van der Waals surface area contributed by atoms with Gasteiger partial charge in [0.1, 0.15) is 5.52 Å². The van der Waals surface area contributed by atoms with Gasteiger partial charge in [-0.3, -0.25) is 0 Å². The summed E-state index contributed by atoms with van der Waals surface area (Å²) in [5.41, 5.74) is 2.68. The maximum Gasteiger partial charge on any atom is 0.225 e. The summed E-state index contributed by atoms with van der Waals surface area (Å²) in [4.78, 5) is 15.6. The molecule has 2 aromatic heterocycles. The number of fused-ring (bicyclic) bond motifs is 1. The van der Waals surface area contributed by atoms with E-state index in [1.165, 1.54) is 5.56 Å². The molecule has 2 heterocycles. The van der Waals surface area contributed by atoms with Crippen molar-refractivity contribution in [3.8, 4) is 0 Å². The molecule has 6 heteroatoms. The molecule has 0 fully saturated rings. The minimum absolute atomic E-state index is 0.581. The van der Waals surface area contributed by atoms with Gasteiger partial charge in [0.05, 0.1) is 12.5 Å². The molecule has 0 saturated carbocycles. The van der Waals surface area contributed by atoms with Gasteiger partial charge < -0.3 is 10.3 Å². The highest BCUT2D eigenvalue weighted by Gasteiger charge is 2.01. The van der Waals surface area contributed by atoms with Crippen molar-refractivity contribution in [2.75, 3.05) is 5.32 Å². The summed E-state index contributed by atoms with van der Waals surface area (Å²) in [6.45, 7) is 0.684. The summed E-state index contributed by atoms with van der Waals surface area (Å²) in [5, 5.41) is 3.17. The fraction of sp³-hybridized carbons (Fsp3) is 0.0833. The van der Waals surface area contributed by atoms with Gasteiger partial charge in [-0.2, -0.15) is 4.98 Å². The van der Waals surface area contributed by atoms with Gasteiger partial charge in [-0.15, -0.1) is 0 Å². The molecule has 3 aromatic rings. The Kier molecular flexibility index (Phi) is 2.93. The Morgan fingerprint density at radius 2 is 2.00 bits per heavy atom. The summed E-state index contributed by atoms with van der Waals surface area (Å²) in [6.07, 6.45) is 3.33. The second kappa shape index (κ2) is 4.73. The van der Waals surface area contributed by atoms with Crippen LogP contribution in [0.5, 0.6) is 0 Å². The number of anilines is 1. The van der Waals surface area contributed by atoms with E-state index in [2.05, 4.69) is 41.2 Å². The van der Waals surface area contributed by atoms with E-state index < -0.39 is 0 Å². The maximum absolute atomic E-state index is 4.29. The third-order valence-electron chi connectivity index (χ3n) is 2.54. The lowest BCUT2D eigenvalue weighted by atomic mass is 10.2. The molecule has 0 aliphatic heterocycles. The summed E-state index contributed by atoms with van der Waals surface area (Å²) in [7, 11) is 0. The third-order valence-corrected chi connectivity index (χ3v) is 3.07. The number of aromatic amines is 1. The first-order valence-electron chi connectivity index (χ1n) is 5.46. The molecular formula is C12H10BrN5. The van der Waals surface area contributed by atoms with Gasteiger partial charge in [-0.05, 0) is 17.7 Å². The van der Waals surface area contributed by atoms with Crippen molar-refractivity contribution in [3.63, 3.8) is 0 Å². The topological polar surface area (TPSA) is 66.5 Å². The van der Waals surface area contributed by atoms with E-state index in [1.807, 2.05) is 24.3 Å². The summed E-state index contributed by atoms with van der Waals surface area (Å²) < 4.78 is 1.07. The van der Waals surface area contributed by atoms with Crippen LogP contribution in [-0.2, 0) is 6.54 Å². The number of hydrogen-bond acceptors (Lipinski definition) is 4. The minimum Gasteiger partial charge on any atom is -0.350 e. The Morgan fingerprint density at radius 3 is 2.83 bits per heavy atom. The van der Waals surface area contributed by atoms with E-state index in [0.29, 0.717) is 18.1 Å². The second-order valence-corrected chi connectivity index (χ2v) is 4.73. The van der Waals surface area contributed by atoms with Crippen molar-refractivity contribution in [3.05, 3.63) is 46.8 Å². The van der Waals surface area contributed by atoms with Crippen LogP contribution in [0, 0.1) is 0 Å². The predicted octanol–water partition coefficient (Wildman–Crippen LogP) is 2.73. The Hall–Kier alpha value is -1.95. The fourth-order valence-electron chi connectivity index (χ4n) is 1.60. The number of rotatable bonds is 3. The molecule has 0 aliphatic rings. The standard InChI is InChI=1S/C12H10BrN5/c13-9-3-1-8(2-4-9)5-14-12-15-6-10-11(18-12)17-7-16-10/h1-4,6-7H,5H2,(H2,14,15,16,17,18). The Bertz CT molecular complexity index is 662. The molecule has 2 N–H and O–H groups in total. The lowest BCUT2D eigenvalue weighted by Crippen LogP contribution is -2.03. The molecule has 0 atom stereocenters. The largest absolute Gasteiger partial charge is 0.350 e. The SMILES string of the molecule is Brc1ccc(CNc2ncc3[nH]cnc3n2)cc1. The first kappa shape index (κ1) is 11.2. The molecule has 0 unspecified atom stereocenters. The van der Waals surface area contributed by atoms with Crippen molar-refractivity contribution >= 4 is 33.0 Å². The number of nitrogens with one attached hydrogen (secondary N) is 2. The molecular weight excluding hydrogens is 294 g/mol. The van der Waals surface area contributed by atoms with E-state index >= 15 is 0 Å². The van der Waals surface area contributed by atoms with Crippen molar-refractivity contribution < 1.29 is 0 Å². The van der Waals surface area contributed by atoms with Crippen molar-refractivity contribution in [1.82, 2.24) is 19.9 Å². The van der Waals surface area contributed by atoms with E-state index in [1.54, 1.807) is 12.5 Å². The lowest BCUT2D eigenvalue weighted by molar-refractivity contribution is 1.07. The average molecular weight is 304 g/mol. The zero-order valence-corrected chi connectivity index (χ0v) is 11.0. The Labute approximate surface area is 112 Å². The first-order chi connectivity index (χ1) is 8.81. The highest BCUT2D eigenvalue weighted by Crippen LogP contribution is 2.12. The quantitative estimate of drug-likeness (QED) is 0.781. The normalized spacial score (nSPS) is 10.7. The number of benzene rings is 1. The van der Waals surface area contributed by atoms with Gasteiger partial charge in [0.2, 0.25) is 5.95 Å². The highest BCUT2D eigenvalue weighted by atomic mass is 79.9. The van der Waals surface area contributed by atoms with E-state index in [-0.39, 0.29) is 0 Å². The van der Waals surface area contributed by atoms with E-state index in [0.717, 1.165) is 9.99 Å². The van der Waals surface area contributed by atoms with Gasteiger partial charge in [0, 0.05) is 11.0 Å². The van der Waals surface area contributed by atoms with Crippen LogP contribution in [0.3, 0.4) is 0 Å². The van der Waals surface area contributed by atoms with Gasteiger partial charge in [-0.25, -0.2) is 9.97 Å². The molecule has 0 spiro atoms. The first-order valence-corrected chi connectivity index (χ1v) is 6.25. The number of nitrogens with zero attached hydrogens (tertiary/aromatic N) is 3. The lowest BCUT2D eigenvalue weighted by Gasteiger charge is -2.04. The molecule has 3 rings (SSSR count). The minimum atomic E-state index is 0.581. The molecule has 0 radical (unpaired) electrons. The monoisotopic (exact) mass is 303 g/mol. The van der Waals surface area contributed by atoms with Gasteiger partial charge in [0.15, 0.2) is 5.65 Å². The second-order valence-electron chi connectivity index (χ2n) is 3.81. The van der Waals surface area contributed by atoms with Crippen LogP contribution in [0.1, 0.15) is 5.56 Å². The smallest absolute Gasteiger partial charge is 0.225 e. The Balaban J connectivity index is 1.74. The van der Waals surface area contributed by atoms with Crippen LogP contribution in [0.4, 0.5) is 5.95 Å². The number of aromatic nitrogens is 4. The van der Waals surface area contributed by atoms with Gasteiger partial charge >= 0.3 is 0 Å². The highest BCUT2D eigenvalue weighted by molar-refractivity contribution is 9.10. The molecule has 0 amide bonds. The summed E-state index contributed by atoms with van der Waals surface area (Å²) in [5.74, 6) is 0.581. The number of halogens is 1. The molecule has 0 aliphatic carbocycles. The van der Waals surface area contributed by atoms with Crippen LogP contribution in [0.2, 0.25) is 0 Å². The molecule has 90 valence electrons. The number of hydrogen-bond donors (Lipinski definition) is 2. The molecule has 1 aromatic carbocycles. The van der Waals surface area contributed by atoms with Crippen LogP contribution in [0.15, 0.2) is 41.3 Å². The van der Waals surface area contributed by atoms with E-state index in [4.69, 9.17) is 0 Å². The molecule has 0 bridgehead atoms. The van der Waals surface area contributed by atoms with Crippen LogP contribution in [-0.4, -0.2) is 19.9 Å². The third kappa shape index (κ3) is 2.33. The van der Waals surface area contributed by atoms with Crippen LogP contribution in [0.25, 0.3) is 11.2 Å². The van der Waals surface area contributed by atoms with Gasteiger partial charge in [-0.1, -0.05) is 28.1 Å². The van der Waals surface area contributed by atoms with Crippen molar-refractivity contribution in [1.29, 1.82) is 0 Å². The molecule has 0 saturated heterocycles. The predicted molar refractivity (Wildman–Crippen MR) is 73.2 cm³/mol. The van der Waals surface area contributed by atoms with Crippen molar-refractivity contribution in [2.24, 2.45) is 0 Å². The van der Waals surface area contributed by atoms with Crippen molar-refractivity contribution in [2.45, 2.75) is 6.54 Å². The number of imidazole rings is 1. The molecule has 18 heavy (non-hydrogen) atoms. The van der Waals surface area contributed by atoms with E-state index in [9.17, 15) is 0 Å². The summed E-state index contributed by atoms with van der Waals surface area (Å²) >= 11 is 3.41. The zero-order valence-electron chi connectivity index (χ0n) is 9.39. The maximum atomic E-state index is 4.29. The number of H-pyrrole nitrogens is 1. The summed E-state index contributed by atoms with van der Waals surface area (Å²) in [6, 6.07) is 8.11.